The van der Waals surface area contributed by atoms with Crippen LogP contribution in [0.25, 0.3) is 11.3 Å². The van der Waals surface area contributed by atoms with E-state index >= 15 is 0 Å². The Labute approximate surface area is 208 Å². The van der Waals surface area contributed by atoms with Gasteiger partial charge in [-0.3, -0.25) is 14.9 Å². The number of carbonyl (C=O) groups excluding carboxylic acids is 2. The Morgan fingerprint density at radius 1 is 1.11 bits per heavy atom. The highest BCUT2D eigenvalue weighted by molar-refractivity contribution is 6.31. The number of aliphatic carboxylic acids is 1. The Kier molecular flexibility index (Phi) is 6.68. The van der Waals surface area contributed by atoms with Crippen molar-refractivity contribution in [1.82, 2.24) is 5.16 Å². The Morgan fingerprint density at radius 2 is 1.78 bits per heavy atom. The quantitative estimate of drug-likeness (QED) is 0.374. The van der Waals surface area contributed by atoms with Crippen molar-refractivity contribution in [2.75, 3.05) is 10.6 Å². The van der Waals surface area contributed by atoms with E-state index in [-0.39, 0.29) is 17.1 Å². The summed E-state index contributed by atoms with van der Waals surface area (Å²) in [6.45, 7) is 3.29. The van der Waals surface area contributed by atoms with Gasteiger partial charge < -0.3 is 19.7 Å². The van der Waals surface area contributed by atoms with Gasteiger partial charge in [0.25, 0.3) is 5.92 Å². The number of anilines is 2. The molecule has 0 aliphatic heterocycles. The molecule has 1 saturated carbocycles. The van der Waals surface area contributed by atoms with Crippen LogP contribution in [-0.2, 0) is 14.3 Å². The maximum atomic E-state index is 13.6. The van der Waals surface area contributed by atoms with Crippen molar-refractivity contribution in [2.45, 2.75) is 25.9 Å². The summed E-state index contributed by atoms with van der Waals surface area (Å²) in [6.07, 6.45) is -1.40. The molecule has 12 heteroatoms. The van der Waals surface area contributed by atoms with Crippen molar-refractivity contribution in [1.29, 1.82) is 0 Å². The molecule has 1 aliphatic carbocycles. The summed E-state index contributed by atoms with van der Waals surface area (Å²) in [5.74, 6) is -10.2. The van der Waals surface area contributed by atoms with Crippen LogP contribution in [0.5, 0.6) is 0 Å². The SMILES string of the molecule is Cc1noc(-c2ccc(NC(=O)[C@H]3[C@H](C(=O)O)C3(F)F)cc2)c1NC(=O)O[C@H](C)c1ccccc1Cl. The van der Waals surface area contributed by atoms with Crippen LogP contribution < -0.4 is 10.6 Å². The van der Waals surface area contributed by atoms with Gasteiger partial charge in [0.1, 0.15) is 29.3 Å². The zero-order valence-corrected chi connectivity index (χ0v) is 19.7. The molecular weight excluding hydrogens is 500 g/mol. The van der Waals surface area contributed by atoms with Crippen LogP contribution in [0.15, 0.2) is 53.1 Å². The van der Waals surface area contributed by atoms with Crippen LogP contribution in [0.3, 0.4) is 0 Å². The molecule has 3 aromatic rings. The van der Waals surface area contributed by atoms with E-state index in [0.29, 0.717) is 21.8 Å². The Bertz CT molecular complexity index is 1330. The molecule has 36 heavy (non-hydrogen) atoms. The van der Waals surface area contributed by atoms with Gasteiger partial charge in [0.05, 0.1) is 0 Å². The summed E-state index contributed by atoms with van der Waals surface area (Å²) in [5.41, 5.74) is 1.90. The van der Waals surface area contributed by atoms with Crippen LogP contribution >= 0.6 is 11.6 Å². The molecular formula is C24H20ClF2N3O6. The molecule has 0 bridgehead atoms. The number of halogens is 3. The Hall–Kier alpha value is -3.99. The number of carboxylic acids is 1. The van der Waals surface area contributed by atoms with Crippen molar-refractivity contribution >= 4 is 40.9 Å². The fourth-order valence-electron chi connectivity index (χ4n) is 3.76. The molecule has 1 heterocycles. The Morgan fingerprint density at radius 3 is 2.39 bits per heavy atom. The summed E-state index contributed by atoms with van der Waals surface area (Å²) in [5, 5.41) is 18.0. The number of carboxylic acid groups (broad SMARTS) is 1. The van der Waals surface area contributed by atoms with Crippen molar-refractivity contribution in [3.63, 3.8) is 0 Å². The summed E-state index contributed by atoms with van der Waals surface area (Å²) in [6, 6.07) is 12.8. The lowest BCUT2D eigenvalue weighted by Crippen LogP contribution is -2.18. The van der Waals surface area contributed by atoms with E-state index in [0.717, 1.165) is 0 Å². The first-order valence-corrected chi connectivity index (χ1v) is 11.1. The van der Waals surface area contributed by atoms with E-state index < -0.39 is 41.8 Å². The number of hydrogen-bond donors (Lipinski definition) is 3. The number of carbonyl (C=O) groups is 3. The molecule has 1 fully saturated rings. The molecule has 4 rings (SSSR count). The maximum absolute atomic E-state index is 13.6. The molecule has 0 saturated heterocycles. The minimum Gasteiger partial charge on any atom is -0.481 e. The van der Waals surface area contributed by atoms with Crippen molar-refractivity contribution in [3.05, 3.63) is 64.8 Å². The van der Waals surface area contributed by atoms with Gasteiger partial charge in [0.15, 0.2) is 5.76 Å². The molecule has 9 nitrogen and oxygen atoms in total. The average Bonchev–Trinajstić information content (AvgIpc) is 3.25. The fraction of sp³-hybridized carbons (Fsp3) is 0.250. The van der Waals surface area contributed by atoms with E-state index in [1.165, 1.54) is 24.3 Å². The fourth-order valence-corrected chi connectivity index (χ4v) is 4.05. The average molecular weight is 520 g/mol. The van der Waals surface area contributed by atoms with E-state index in [9.17, 15) is 23.2 Å². The van der Waals surface area contributed by atoms with Gasteiger partial charge in [-0.05, 0) is 44.2 Å². The molecule has 1 aliphatic rings. The van der Waals surface area contributed by atoms with Crippen molar-refractivity contribution < 1.29 is 37.5 Å². The molecule has 3 atom stereocenters. The first kappa shape index (κ1) is 25.1. The van der Waals surface area contributed by atoms with Crippen LogP contribution in [0, 0.1) is 18.8 Å². The number of aromatic nitrogens is 1. The highest BCUT2D eigenvalue weighted by Crippen LogP contribution is 2.55. The highest BCUT2D eigenvalue weighted by atomic mass is 35.5. The summed E-state index contributed by atoms with van der Waals surface area (Å²) in [7, 11) is 0. The second-order valence-corrected chi connectivity index (χ2v) is 8.61. The number of ether oxygens (including phenoxy) is 1. The van der Waals surface area contributed by atoms with Gasteiger partial charge in [-0.15, -0.1) is 0 Å². The first-order valence-electron chi connectivity index (χ1n) is 10.7. The summed E-state index contributed by atoms with van der Waals surface area (Å²) in [4.78, 5) is 35.5. The largest absolute Gasteiger partial charge is 0.481 e. The molecule has 2 aromatic carbocycles. The monoisotopic (exact) mass is 519 g/mol. The number of benzene rings is 2. The minimum absolute atomic E-state index is 0.175. The number of nitrogens with one attached hydrogen (secondary N) is 2. The third-order valence-electron chi connectivity index (χ3n) is 5.73. The van der Waals surface area contributed by atoms with Crippen LogP contribution in [0.4, 0.5) is 25.0 Å². The number of alkyl halides is 2. The Balaban J connectivity index is 1.43. The minimum atomic E-state index is -3.59. The predicted octanol–water partition coefficient (Wildman–Crippen LogP) is 5.52. The van der Waals surface area contributed by atoms with E-state index in [4.69, 9.17) is 26.0 Å². The zero-order valence-electron chi connectivity index (χ0n) is 18.9. The molecule has 0 unspecified atom stereocenters. The highest BCUT2D eigenvalue weighted by Gasteiger charge is 2.75. The maximum Gasteiger partial charge on any atom is 0.412 e. The number of amides is 2. The van der Waals surface area contributed by atoms with Gasteiger partial charge in [-0.1, -0.05) is 35.0 Å². The van der Waals surface area contributed by atoms with Crippen molar-refractivity contribution in [3.8, 4) is 11.3 Å². The summed E-state index contributed by atoms with van der Waals surface area (Å²) >= 11 is 6.15. The van der Waals surface area contributed by atoms with Gasteiger partial charge >= 0.3 is 12.1 Å². The number of aryl methyl sites for hydroxylation is 1. The number of nitrogens with zero attached hydrogens (tertiary/aromatic N) is 1. The molecule has 0 radical (unpaired) electrons. The number of rotatable bonds is 7. The third-order valence-corrected chi connectivity index (χ3v) is 6.08. The van der Waals surface area contributed by atoms with Gasteiger partial charge in [0, 0.05) is 21.8 Å². The smallest absolute Gasteiger partial charge is 0.412 e. The zero-order chi connectivity index (χ0) is 26.2. The van der Waals surface area contributed by atoms with Crippen LogP contribution in [-0.4, -0.2) is 34.2 Å². The third kappa shape index (κ3) is 4.87. The van der Waals surface area contributed by atoms with Gasteiger partial charge in [-0.2, -0.15) is 0 Å². The van der Waals surface area contributed by atoms with E-state index in [1.807, 2.05) is 0 Å². The lowest BCUT2D eigenvalue weighted by atomic mass is 10.1. The van der Waals surface area contributed by atoms with Crippen LogP contribution in [0.1, 0.15) is 24.3 Å². The van der Waals surface area contributed by atoms with Gasteiger partial charge in [-0.25, -0.2) is 13.6 Å². The first-order chi connectivity index (χ1) is 17.0. The molecule has 2 amide bonds. The standard InChI is InChI=1S/C24H20ClF2N3O6/c1-11-19(29-23(34)35-12(2)15-5-3-4-6-16(15)25)20(36-30-11)13-7-9-14(10-8-13)28-21(31)17-18(22(32)33)24(17,26)27/h3-10,12,17-18H,1-2H3,(H,28,31)(H,29,34)(H,32,33)/t12-,17-,18-/m1/s1. The second kappa shape index (κ2) is 9.57. The molecule has 188 valence electrons. The van der Waals surface area contributed by atoms with Crippen LogP contribution in [0.2, 0.25) is 5.02 Å². The lowest BCUT2D eigenvalue weighted by Gasteiger charge is -2.15. The topological polar surface area (TPSA) is 131 Å². The molecule has 0 spiro atoms. The van der Waals surface area contributed by atoms with Gasteiger partial charge in [0.2, 0.25) is 5.91 Å². The molecule has 1 aromatic heterocycles. The molecule has 3 N–H and O–H groups in total. The normalized spacial score (nSPS) is 18.7. The van der Waals surface area contributed by atoms with E-state index in [2.05, 4.69) is 15.8 Å². The predicted molar refractivity (Wildman–Crippen MR) is 125 cm³/mol. The number of hydrogen-bond acceptors (Lipinski definition) is 6. The van der Waals surface area contributed by atoms with E-state index in [1.54, 1.807) is 38.1 Å². The van der Waals surface area contributed by atoms with Crippen molar-refractivity contribution in [2.24, 2.45) is 11.8 Å². The lowest BCUT2D eigenvalue weighted by molar-refractivity contribution is -0.141. The summed E-state index contributed by atoms with van der Waals surface area (Å²) < 4.78 is 37.9. The second-order valence-electron chi connectivity index (χ2n) is 8.20.